The Labute approximate surface area is 611 Å². The minimum atomic E-state index is -1.19. The van der Waals surface area contributed by atoms with Crippen LogP contribution in [0.15, 0.2) is 24.3 Å². The molecule has 2 heterocycles. The summed E-state index contributed by atoms with van der Waals surface area (Å²) in [6.45, 7) is 33.4. The maximum Gasteiger partial charge on any atom is 0.270 e. The van der Waals surface area contributed by atoms with Gasteiger partial charge in [-0.3, -0.25) is 62.5 Å². The van der Waals surface area contributed by atoms with E-state index in [9.17, 15) is 38.4 Å². The predicted octanol–water partition coefficient (Wildman–Crippen LogP) is 7.34. The second-order valence-corrected chi connectivity index (χ2v) is 30.9. The van der Waals surface area contributed by atoms with Crippen LogP contribution >= 0.6 is 0 Å². The lowest BCUT2D eigenvalue weighted by Crippen LogP contribution is -2.71. The summed E-state index contributed by atoms with van der Waals surface area (Å²) in [5.74, 6) is -7.73. The summed E-state index contributed by atoms with van der Waals surface area (Å²) in [5, 5.41) is 6.69. The van der Waals surface area contributed by atoms with Gasteiger partial charge in [-0.2, -0.15) is 0 Å². The third kappa shape index (κ3) is 25.9. The fraction of sp³-hybridized carbons (Fsp3) is 0.779. The Hall–Kier alpha value is -6.57. The second kappa shape index (κ2) is 43.0. The van der Waals surface area contributed by atoms with Crippen LogP contribution in [-0.4, -0.2) is 261 Å². The number of ketones is 2. The van der Waals surface area contributed by atoms with E-state index in [4.69, 9.17) is 19.0 Å². The van der Waals surface area contributed by atoms with E-state index in [2.05, 4.69) is 15.5 Å². The highest BCUT2D eigenvalue weighted by Crippen LogP contribution is 2.35. The number of hydrogen-bond acceptors (Lipinski definition) is 16. The number of likely N-dealkylation sites (N-methyl/N-ethyl adjacent to an activating group) is 6. The van der Waals surface area contributed by atoms with Crippen molar-refractivity contribution in [2.24, 2.45) is 47.3 Å². The van der Waals surface area contributed by atoms with E-state index in [1.165, 1.54) is 57.5 Å². The number of unbranched alkanes of at least 4 members (excludes halogenated alkanes) is 1. The SMILES string of the molecule is CCC(=O)N(C)[C@H](C(=O)C[C@H](C(=O)N(C)[C@@H](CC(C)C)C(=O)C[C@@H](C)C(=O)N[C@H](C)C(=O)N(C)[C@@H](CC(C)C)C(=O)N(C)[C@@H](CC(C)C)C(=O)N(C)[C@H](C(=O)N1O[C@H]([C@H](C)CCCc2ccc(OC)cc2)[C@H]1C(=O)N[C@@H](CC)C(=O)N(C)C)C(C)C)C(C)C)[C@@H](C)OCCCCN1CCOCC1. The molecule has 2 fully saturated rings. The van der Waals surface area contributed by atoms with E-state index in [1.807, 2.05) is 86.6 Å². The van der Waals surface area contributed by atoms with Gasteiger partial charge in [0, 0.05) is 100 Å². The van der Waals surface area contributed by atoms with Gasteiger partial charge in [0.2, 0.25) is 47.3 Å². The summed E-state index contributed by atoms with van der Waals surface area (Å²) in [6, 6.07) is -0.768. The van der Waals surface area contributed by atoms with Crippen LogP contribution in [0.5, 0.6) is 5.75 Å². The topological polar surface area (TPSA) is 275 Å². The quantitative estimate of drug-likeness (QED) is 0.0605. The molecule has 0 spiro atoms. The first-order chi connectivity index (χ1) is 47.8. The number of hydroxylamine groups is 2. The largest absolute Gasteiger partial charge is 0.497 e. The van der Waals surface area contributed by atoms with Crippen LogP contribution in [0.2, 0.25) is 0 Å². The molecule has 1 aromatic carbocycles. The van der Waals surface area contributed by atoms with Crippen LogP contribution in [-0.2, 0) is 73.5 Å². The molecule has 580 valence electrons. The molecule has 2 aliphatic rings. The van der Waals surface area contributed by atoms with Crippen LogP contribution in [0, 0.1) is 47.3 Å². The summed E-state index contributed by atoms with van der Waals surface area (Å²) >= 11 is 0. The Morgan fingerprint density at radius 2 is 1.13 bits per heavy atom. The van der Waals surface area contributed by atoms with Gasteiger partial charge in [0.05, 0.1) is 32.5 Å². The fourth-order valence-electron chi connectivity index (χ4n) is 13.7. The Bertz CT molecular complexity index is 2880. The van der Waals surface area contributed by atoms with E-state index >= 15 is 14.4 Å². The van der Waals surface area contributed by atoms with Crippen molar-refractivity contribution in [3.8, 4) is 5.75 Å². The van der Waals surface area contributed by atoms with Crippen molar-refractivity contribution in [1.82, 2.24) is 50.0 Å². The molecule has 102 heavy (non-hydrogen) atoms. The Kier molecular flexibility index (Phi) is 37.8. The number of aryl methyl sites for hydroxylation is 1. The molecule has 2 aliphatic heterocycles. The van der Waals surface area contributed by atoms with Crippen LogP contribution in [0.4, 0.5) is 0 Å². The van der Waals surface area contributed by atoms with Crippen LogP contribution in [0.3, 0.4) is 0 Å². The third-order valence-corrected chi connectivity index (χ3v) is 20.2. The van der Waals surface area contributed by atoms with Crippen molar-refractivity contribution in [1.29, 1.82) is 0 Å². The maximum absolute atomic E-state index is 15.2. The average molecular weight is 1440 g/mol. The monoisotopic (exact) mass is 1440 g/mol. The highest BCUT2D eigenvalue weighted by Gasteiger charge is 2.54. The number of carbonyl (C=O) groups excluding carboxylic acids is 11. The standard InChI is InChI=1S/C77H132N10O15/c1-25-59(74(95)80(17)18)79-71(92)68-69(52(13)30-29-31-56-32-34-57(99-24)35-33-56)102-87(68)77(98)66(51(11)12)85(23)76(97)62(44-49(7)8)83(21)75(96)61(43-48(5)6)82(20)72(93)54(15)78-70(91)53(14)45-63(88)60(42-47(3)4)81(19)73(94)58(50(9)10)46-64(89)67(84(22)65(90)26-2)55(16)101-39-28-27-36-86-37-40-100-41-38-86/h32-35,47-55,58-62,66-69H,25-31,36-46H2,1-24H3,(H,78,91)(H,79,92)/t52-,53-,54-,55-,58+,59+,60+,61+,62+,66+,67+,68+,69-/m1/s1. The minimum Gasteiger partial charge on any atom is -0.497 e. The van der Waals surface area contributed by atoms with Gasteiger partial charge in [-0.25, -0.2) is 5.06 Å². The van der Waals surface area contributed by atoms with Crippen molar-refractivity contribution in [3.05, 3.63) is 29.8 Å². The molecule has 25 heteroatoms. The molecule has 1 aromatic rings. The van der Waals surface area contributed by atoms with E-state index in [0.29, 0.717) is 32.7 Å². The van der Waals surface area contributed by atoms with Crippen LogP contribution < -0.4 is 15.4 Å². The van der Waals surface area contributed by atoms with E-state index in [-0.39, 0.29) is 91.5 Å². The Morgan fingerprint density at radius 3 is 1.64 bits per heavy atom. The third-order valence-electron chi connectivity index (χ3n) is 20.2. The highest BCUT2D eigenvalue weighted by molar-refractivity contribution is 5.99. The first-order valence-electron chi connectivity index (χ1n) is 37.5. The van der Waals surface area contributed by atoms with Crippen molar-refractivity contribution in [2.75, 3.05) is 95.9 Å². The van der Waals surface area contributed by atoms with Gasteiger partial charge in [-0.05, 0) is 131 Å². The molecule has 25 nitrogen and oxygen atoms in total. The van der Waals surface area contributed by atoms with Crippen LogP contribution in [0.1, 0.15) is 187 Å². The van der Waals surface area contributed by atoms with E-state index in [0.717, 1.165) is 61.7 Å². The van der Waals surface area contributed by atoms with E-state index < -0.39 is 120 Å². The summed E-state index contributed by atoms with van der Waals surface area (Å²) in [6.07, 6.45) is 2.97. The number of ether oxygens (including phenoxy) is 3. The summed E-state index contributed by atoms with van der Waals surface area (Å²) < 4.78 is 17.0. The van der Waals surface area contributed by atoms with Gasteiger partial charge in [-0.15, -0.1) is 0 Å². The van der Waals surface area contributed by atoms with Crippen molar-refractivity contribution in [2.45, 2.75) is 248 Å². The zero-order valence-corrected chi connectivity index (χ0v) is 66.6. The predicted molar refractivity (Wildman–Crippen MR) is 394 cm³/mol. The molecule has 0 saturated carbocycles. The molecule has 13 atom stereocenters. The number of carbonyl (C=O) groups is 11. The minimum absolute atomic E-state index is 0.0606. The maximum atomic E-state index is 15.2. The van der Waals surface area contributed by atoms with Gasteiger partial charge in [0.15, 0.2) is 17.6 Å². The number of benzene rings is 1. The summed E-state index contributed by atoms with van der Waals surface area (Å²) in [5.41, 5.74) is 1.11. The van der Waals surface area contributed by atoms with Gasteiger partial charge in [-0.1, -0.05) is 109 Å². The van der Waals surface area contributed by atoms with Crippen LogP contribution in [0.25, 0.3) is 0 Å². The van der Waals surface area contributed by atoms with Gasteiger partial charge >= 0.3 is 0 Å². The number of rotatable bonds is 44. The molecule has 0 bridgehead atoms. The van der Waals surface area contributed by atoms with Crippen molar-refractivity contribution < 1.29 is 71.8 Å². The van der Waals surface area contributed by atoms with Crippen molar-refractivity contribution >= 4 is 64.7 Å². The molecule has 0 aliphatic carbocycles. The number of nitrogens with zero attached hydrogens (tertiary/aromatic N) is 8. The Morgan fingerprint density at radius 1 is 0.588 bits per heavy atom. The van der Waals surface area contributed by atoms with Gasteiger partial charge < -0.3 is 54.2 Å². The molecule has 0 radical (unpaired) electrons. The number of morpholine rings is 1. The van der Waals surface area contributed by atoms with Gasteiger partial charge in [0.25, 0.3) is 5.91 Å². The highest BCUT2D eigenvalue weighted by atomic mass is 16.7. The lowest BCUT2D eigenvalue weighted by atomic mass is 9.85. The lowest BCUT2D eigenvalue weighted by Gasteiger charge is -2.50. The zero-order chi connectivity index (χ0) is 77.3. The molecule has 0 aromatic heterocycles. The molecule has 3 rings (SSSR count). The molecule has 0 unspecified atom stereocenters. The lowest BCUT2D eigenvalue weighted by molar-refractivity contribution is -0.322. The van der Waals surface area contributed by atoms with Gasteiger partial charge in [0.1, 0.15) is 48.1 Å². The first kappa shape index (κ1) is 89.6. The molecular formula is C77H132N10O15. The average Bonchev–Trinajstić information content (AvgIpc) is 0.754. The zero-order valence-electron chi connectivity index (χ0n) is 66.6. The fourth-order valence-corrected chi connectivity index (χ4v) is 13.7. The Balaban J connectivity index is 1.83. The summed E-state index contributed by atoms with van der Waals surface area (Å²) in [7, 11) is 12.4. The number of Topliss-reactive ketones (excluding diaryl/α,β-unsaturated/α-hetero) is 2. The summed E-state index contributed by atoms with van der Waals surface area (Å²) in [4.78, 5) is 176. The smallest absolute Gasteiger partial charge is 0.270 e. The molecule has 2 N–H and O–H groups in total. The molecule has 9 amide bonds. The number of amides is 9. The van der Waals surface area contributed by atoms with Crippen molar-refractivity contribution in [3.63, 3.8) is 0 Å². The van der Waals surface area contributed by atoms with E-state index in [1.54, 1.807) is 76.8 Å². The molecule has 2 saturated heterocycles. The number of nitrogens with one attached hydrogen (secondary N) is 2. The number of methoxy groups -OCH3 is 1. The molecular weight excluding hydrogens is 1300 g/mol. The number of hydrogen-bond donors (Lipinski definition) is 2. The second-order valence-electron chi connectivity index (χ2n) is 30.9. The first-order valence-corrected chi connectivity index (χ1v) is 37.5. The normalized spacial score (nSPS) is 18.1.